The van der Waals surface area contributed by atoms with Crippen LogP contribution in [0.15, 0.2) is 27.6 Å². The summed E-state index contributed by atoms with van der Waals surface area (Å²) in [7, 11) is -1.71. The Morgan fingerprint density at radius 2 is 2.11 bits per heavy atom. The Morgan fingerprint density at radius 3 is 2.63 bits per heavy atom. The zero-order valence-electron chi connectivity index (χ0n) is 11.2. The van der Waals surface area contributed by atoms with Gasteiger partial charge in [-0.05, 0) is 55.0 Å². The van der Waals surface area contributed by atoms with Gasteiger partial charge in [-0.15, -0.1) is 0 Å². The molecule has 5 nitrogen and oxygen atoms in total. The maximum atomic E-state index is 12.1. The van der Waals surface area contributed by atoms with Gasteiger partial charge in [-0.25, -0.2) is 13.1 Å². The monoisotopic (exact) mass is 350 g/mol. The summed E-state index contributed by atoms with van der Waals surface area (Å²) < 4.78 is 32.7. The molecule has 0 aromatic heterocycles. The molecule has 7 heteroatoms. The van der Waals surface area contributed by atoms with E-state index in [4.69, 9.17) is 4.74 Å². The fourth-order valence-electron chi connectivity index (χ4n) is 1.34. The molecular weight excluding hydrogens is 332 g/mol. The molecule has 2 N–H and O–H groups in total. The van der Waals surface area contributed by atoms with Gasteiger partial charge in [-0.2, -0.15) is 0 Å². The largest absolute Gasteiger partial charge is 0.493 e. The highest BCUT2D eigenvalue weighted by Gasteiger charge is 2.16. The van der Waals surface area contributed by atoms with Crippen molar-refractivity contribution in [1.82, 2.24) is 10.0 Å². The summed E-state index contributed by atoms with van der Waals surface area (Å²) in [6, 6.07) is 4.78. The van der Waals surface area contributed by atoms with Crippen molar-refractivity contribution in [2.45, 2.75) is 24.8 Å². The van der Waals surface area contributed by atoms with Gasteiger partial charge in [0.2, 0.25) is 10.0 Å². The summed E-state index contributed by atoms with van der Waals surface area (Å²) in [5.74, 6) is 0.630. The van der Waals surface area contributed by atoms with E-state index < -0.39 is 10.0 Å². The Hall–Kier alpha value is -0.630. The van der Waals surface area contributed by atoms with Crippen molar-refractivity contribution in [2.24, 2.45) is 0 Å². The summed E-state index contributed by atoms with van der Waals surface area (Å²) in [5, 5.41) is 2.97. The molecule has 0 radical (unpaired) electrons. The van der Waals surface area contributed by atoms with E-state index in [1.54, 1.807) is 13.1 Å². The number of hydrogen-bond donors (Lipinski definition) is 2. The van der Waals surface area contributed by atoms with Crippen molar-refractivity contribution in [2.75, 3.05) is 20.2 Å². The molecule has 1 aromatic rings. The molecule has 0 spiro atoms. The van der Waals surface area contributed by atoms with Crippen molar-refractivity contribution in [1.29, 1.82) is 0 Å². The van der Waals surface area contributed by atoms with Gasteiger partial charge >= 0.3 is 0 Å². The van der Waals surface area contributed by atoms with E-state index in [-0.39, 0.29) is 10.9 Å². The Labute approximate surface area is 122 Å². The van der Waals surface area contributed by atoms with Gasteiger partial charge < -0.3 is 10.1 Å². The van der Waals surface area contributed by atoms with Crippen LogP contribution in [0.2, 0.25) is 0 Å². The van der Waals surface area contributed by atoms with Gasteiger partial charge in [0.05, 0.1) is 16.0 Å². The molecule has 0 saturated heterocycles. The van der Waals surface area contributed by atoms with Crippen LogP contribution < -0.4 is 14.8 Å². The van der Waals surface area contributed by atoms with Gasteiger partial charge in [0.15, 0.2) is 0 Å². The Morgan fingerprint density at radius 1 is 1.42 bits per heavy atom. The van der Waals surface area contributed by atoms with E-state index >= 15 is 0 Å². The standard InChI is InChI=1S/C12H19BrN2O3S/c1-4-18-12-6-5-10(7-11(12)13)19(16,17)15-8-9(2)14-3/h5-7,9,14-15H,4,8H2,1-3H3. The molecule has 1 atom stereocenters. The number of hydrogen-bond acceptors (Lipinski definition) is 4. The van der Waals surface area contributed by atoms with E-state index in [9.17, 15) is 8.42 Å². The number of rotatable bonds is 7. The maximum absolute atomic E-state index is 12.1. The molecule has 1 aromatic carbocycles. The Balaban J connectivity index is 2.87. The molecule has 0 fully saturated rings. The molecule has 19 heavy (non-hydrogen) atoms. The maximum Gasteiger partial charge on any atom is 0.240 e. The Bertz CT molecular complexity index is 520. The van der Waals surface area contributed by atoms with Crippen LogP contribution in [0.4, 0.5) is 0 Å². The lowest BCUT2D eigenvalue weighted by atomic mass is 10.3. The zero-order chi connectivity index (χ0) is 14.5. The van der Waals surface area contributed by atoms with Gasteiger partial charge in [0.1, 0.15) is 5.75 Å². The third-order valence-corrected chi connectivity index (χ3v) is 4.63. The highest BCUT2D eigenvalue weighted by molar-refractivity contribution is 9.10. The molecule has 108 valence electrons. The second-order valence-electron chi connectivity index (χ2n) is 4.07. The molecule has 0 saturated carbocycles. The van der Waals surface area contributed by atoms with E-state index in [0.717, 1.165) is 0 Å². The molecular formula is C12H19BrN2O3S. The second kappa shape index (κ2) is 7.23. The second-order valence-corrected chi connectivity index (χ2v) is 6.69. The fourth-order valence-corrected chi connectivity index (χ4v) is 3.14. The van der Waals surface area contributed by atoms with E-state index in [1.807, 2.05) is 13.8 Å². The lowest BCUT2D eigenvalue weighted by molar-refractivity contribution is 0.338. The minimum atomic E-state index is -3.50. The van der Waals surface area contributed by atoms with Crippen LogP contribution >= 0.6 is 15.9 Å². The van der Waals surface area contributed by atoms with Crippen molar-refractivity contribution in [3.63, 3.8) is 0 Å². The lowest BCUT2D eigenvalue weighted by Crippen LogP contribution is -2.37. The highest BCUT2D eigenvalue weighted by Crippen LogP contribution is 2.27. The van der Waals surface area contributed by atoms with E-state index in [0.29, 0.717) is 23.4 Å². The molecule has 0 aliphatic heterocycles. The third-order valence-electron chi connectivity index (χ3n) is 2.59. The predicted molar refractivity (Wildman–Crippen MR) is 79.0 cm³/mol. The SMILES string of the molecule is CCOc1ccc(S(=O)(=O)NCC(C)NC)cc1Br. The zero-order valence-corrected chi connectivity index (χ0v) is 13.6. The predicted octanol–water partition coefficient (Wildman–Crippen LogP) is 1.73. The molecule has 1 rings (SSSR count). The fraction of sp³-hybridized carbons (Fsp3) is 0.500. The first kappa shape index (κ1) is 16.4. The van der Waals surface area contributed by atoms with Gasteiger partial charge in [-0.3, -0.25) is 0 Å². The summed E-state index contributed by atoms with van der Waals surface area (Å²) >= 11 is 3.30. The molecule has 1 unspecified atom stereocenters. The van der Waals surface area contributed by atoms with Crippen LogP contribution in [0.5, 0.6) is 5.75 Å². The molecule has 0 bridgehead atoms. The third kappa shape index (κ3) is 4.76. The topological polar surface area (TPSA) is 67.4 Å². The molecule has 0 aliphatic rings. The minimum absolute atomic E-state index is 0.0703. The first-order valence-electron chi connectivity index (χ1n) is 6.00. The van der Waals surface area contributed by atoms with Crippen LogP contribution in [-0.2, 0) is 10.0 Å². The summed E-state index contributed by atoms with van der Waals surface area (Å²) in [4.78, 5) is 0.214. The average Bonchev–Trinajstić information content (AvgIpc) is 2.38. The molecule has 0 heterocycles. The first-order chi connectivity index (χ1) is 8.90. The van der Waals surface area contributed by atoms with Crippen LogP contribution in [0, 0.1) is 0 Å². The summed E-state index contributed by atoms with van der Waals surface area (Å²) in [6.07, 6.45) is 0. The highest BCUT2D eigenvalue weighted by atomic mass is 79.9. The number of halogens is 1. The van der Waals surface area contributed by atoms with Crippen molar-refractivity contribution in [3.8, 4) is 5.75 Å². The van der Waals surface area contributed by atoms with Crippen molar-refractivity contribution < 1.29 is 13.2 Å². The van der Waals surface area contributed by atoms with E-state index in [2.05, 4.69) is 26.0 Å². The van der Waals surface area contributed by atoms with Crippen molar-refractivity contribution >= 4 is 26.0 Å². The number of sulfonamides is 1. The van der Waals surface area contributed by atoms with Crippen LogP contribution in [0.1, 0.15) is 13.8 Å². The summed E-state index contributed by atoms with van der Waals surface area (Å²) in [6.45, 7) is 4.64. The van der Waals surface area contributed by atoms with E-state index in [1.165, 1.54) is 12.1 Å². The minimum Gasteiger partial charge on any atom is -0.493 e. The molecule has 0 amide bonds. The van der Waals surface area contributed by atoms with Gasteiger partial charge in [-0.1, -0.05) is 0 Å². The number of likely N-dealkylation sites (N-methyl/N-ethyl adjacent to an activating group) is 1. The van der Waals surface area contributed by atoms with Crippen LogP contribution in [0.25, 0.3) is 0 Å². The van der Waals surface area contributed by atoms with Gasteiger partial charge in [0.25, 0.3) is 0 Å². The lowest BCUT2D eigenvalue weighted by Gasteiger charge is -2.13. The number of benzene rings is 1. The number of ether oxygens (including phenoxy) is 1. The normalized spacial score (nSPS) is 13.3. The number of nitrogens with one attached hydrogen (secondary N) is 2. The van der Waals surface area contributed by atoms with Crippen LogP contribution in [0.3, 0.4) is 0 Å². The van der Waals surface area contributed by atoms with Crippen molar-refractivity contribution in [3.05, 3.63) is 22.7 Å². The quantitative estimate of drug-likeness (QED) is 0.785. The summed E-state index contributed by atoms with van der Waals surface area (Å²) in [5.41, 5.74) is 0. The van der Waals surface area contributed by atoms with Crippen LogP contribution in [-0.4, -0.2) is 34.7 Å². The smallest absolute Gasteiger partial charge is 0.240 e. The first-order valence-corrected chi connectivity index (χ1v) is 8.27. The molecule has 0 aliphatic carbocycles. The average molecular weight is 351 g/mol. The van der Waals surface area contributed by atoms with Gasteiger partial charge in [0, 0.05) is 12.6 Å². The Kier molecular flexibility index (Phi) is 6.25.